The zero-order chi connectivity index (χ0) is 17.5. The van der Waals surface area contributed by atoms with E-state index in [1.807, 2.05) is 0 Å². The number of halogens is 1. The summed E-state index contributed by atoms with van der Waals surface area (Å²) in [4.78, 5) is 0. The van der Waals surface area contributed by atoms with E-state index in [1.165, 1.54) is 15.9 Å². The first-order chi connectivity index (χ1) is 12.2. The van der Waals surface area contributed by atoms with Crippen LogP contribution < -0.4 is 32.9 Å². The topological polar surface area (TPSA) is 0 Å². The van der Waals surface area contributed by atoms with Crippen LogP contribution in [0, 0.1) is 5.92 Å². The normalized spacial score (nSPS) is 11.5. The number of benzene rings is 3. The van der Waals surface area contributed by atoms with Gasteiger partial charge in [0.2, 0.25) is 0 Å². The molecule has 0 aliphatic rings. The Morgan fingerprint density at radius 2 is 1.00 bits per heavy atom. The molecule has 0 heterocycles. The zero-order valence-corrected chi connectivity index (χ0v) is 17.9. The summed E-state index contributed by atoms with van der Waals surface area (Å²) >= 11 is 0. The Bertz CT molecular complexity index is 699. The van der Waals surface area contributed by atoms with Gasteiger partial charge in [-0.3, -0.25) is 0 Å². The minimum Gasteiger partial charge on any atom is -1.00 e. The first-order valence-electron chi connectivity index (χ1n) is 8.95. The first-order valence-corrected chi connectivity index (χ1v) is 10.9. The SMILES string of the molecule is CC(C)/C=C/C[P+](c1ccccc1)(c1ccccc1)c1ccccc1.[Br-]. The Labute approximate surface area is 169 Å². The molecule has 0 bridgehead atoms. The molecule has 134 valence electrons. The highest BCUT2D eigenvalue weighted by atomic mass is 79.9. The van der Waals surface area contributed by atoms with Gasteiger partial charge < -0.3 is 17.0 Å². The molecule has 0 aliphatic carbocycles. The second kappa shape index (κ2) is 9.86. The monoisotopic (exact) mass is 424 g/mol. The third kappa shape index (κ3) is 4.53. The second-order valence-electron chi connectivity index (χ2n) is 6.67. The Morgan fingerprint density at radius 1 is 0.654 bits per heavy atom. The molecule has 2 heteroatoms. The Morgan fingerprint density at radius 3 is 1.31 bits per heavy atom. The fraction of sp³-hybridized carbons (Fsp3) is 0.167. The van der Waals surface area contributed by atoms with Crippen LogP contribution in [0.4, 0.5) is 0 Å². The van der Waals surface area contributed by atoms with Crippen molar-refractivity contribution in [1.82, 2.24) is 0 Å². The molecule has 3 aromatic carbocycles. The van der Waals surface area contributed by atoms with E-state index in [0.29, 0.717) is 5.92 Å². The summed E-state index contributed by atoms with van der Waals surface area (Å²) in [5.41, 5.74) is 0. The molecule has 0 fully saturated rings. The van der Waals surface area contributed by atoms with Crippen molar-refractivity contribution in [2.45, 2.75) is 13.8 Å². The molecule has 26 heavy (non-hydrogen) atoms. The molecule has 0 unspecified atom stereocenters. The van der Waals surface area contributed by atoms with Crippen molar-refractivity contribution in [2.24, 2.45) is 5.92 Å². The molecule has 0 amide bonds. The molecule has 0 atom stereocenters. The maximum Gasteiger partial charge on any atom is 0.115 e. The van der Waals surface area contributed by atoms with Crippen LogP contribution >= 0.6 is 7.26 Å². The molecule has 0 saturated heterocycles. The van der Waals surface area contributed by atoms with Crippen molar-refractivity contribution in [1.29, 1.82) is 0 Å². The van der Waals surface area contributed by atoms with Gasteiger partial charge in [0.15, 0.2) is 0 Å². The van der Waals surface area contributed by atoms with Gasteiger partial charge in [-0.15, -0.1) is 0 Å². The molecule has 0 radical (unpaired) electrons. The minimum absolute atomic E-state index is 0. The van der Waals surface area contributed by atoms with Crippen LogP contribution in [0.3, 0.4) is 0 Å². The number of allylic oxidation sites excluding steroid dienone is 2. The molecule has 0 aliphatic heterocycles. The first kappa shape index (κ1) is 20.6. The van der Waals surface area contributed by atoms with E-state index in [-0.39, 0.29) is 17.0 Å². The van der Waals surface area contributed by atoms with Crippen LogP contribution in [-0.2, 0) is 0 Å². The molecule has 0 spiro atoms. The van der Waals surface area contributed by atoms with Gasteiger partial charge in [-0.2, -0.15) is 0 Å². The number of hydrogen-bond acceptors (Lipinski definition) is 0. The van der Waals surface area contributed by atoms with Crippen molar-refractivity contribution in [2.75, 3.05) is 6.16 Å². The molecule has 0 nitrogen and oxygen atoms in total. The minimum atomic E-state index is -1.70. The highest BCUT2D eigenvalue weighted by Crippen LogP contribution is 2.55. The molecule has 3 rings (SSSR count). The van der Waals surface area contributed by atoms with E-state index < -0.39 is 7.26 Å². The predicted molar refractivity (Wildman–Crippen MR) is 114 cm³/mol. The predicted octanol–water partition coefficient (Wildman–Crippen LogP) is 2.20. The fourth-order valence-corrected chi connectivity index (χ4v) is 7.31. The maximum absolute atomic E-state index is 2.39. The summed E-state index contributed by atoms with van der Waals surface area (Å²) in [7, 11) is -1.70. The molecule has 0 aromatic heterocycles. The Hall–Kier alpha value is -1.69. The van der Waals surface area contributed by atoms with E-state index in [0.717, 1.165) is 6.16 Å². The average molecular weight is 425 g/mol. The molecule has 3 aromatic rings. The zero-order valence-electron chi connectivity index (χ0n) is 15.4. The maximum atomic E-state index is 2.39. The quantitative estimate of drug-likeness (QED) is 0.420. The molecular weight excluding hydrogens is 399 g/mol. The van der Waals surface area contributed by atoms with Crippen LogP contribution in [0.15, 0.2) is 103 Å². The lowest BCUT2D eigenvalue weighted by atomic mass is 10.2. The van der Waals surface area contributed by atoms with Crippen molar-refractivity contribution in [3.8, 4) is 0 Å². The summed E-state index contributed by atoms with van der Waals surface area (Å²) in [5, 5.41) is 4.34. The number of hydrogen-bond donors (Lipinski definition) is 0. The number of rotatable bonds is 6. The van der Waals surface area contributed by atoms with Gasteiger partial charge in [-0.1, -0.05) is 80.6 Å². The summed E-state index contributed by atoms with van der Waals surface area (Å²) < 4.78 is 0. The van der Waals surface area contributed by atoms with E-state index in [9.17, 15) is 0 Å². The van der Waals surface area contributed by atoms with Crippen molar-refractivity contribution >= 4 is 23.2 Å². The third-order valence-electron chi connectivity index (χ3n) is 4.49. The van der Waals surface area contributed by atoms with Crippen LogP contribution in [0.5, 0.6) is 0 Å². The summed E-state index contributed by atoms with van der Waals surface area (Å²) in [6, 6.07) is 33.2. The van der Waals surface area contributed by atoms with Crippen LogP contribution in [-0.4, -0.2) is 6.16 Å². The van der Waals surface area contributed by atoms with Gasteiger partial charge in [0.1, 0.15) is 23.2 Å². The molecule has 0 N–H and O–H groups in total. The van der Waals surface area contributed by atoms with Gasteiger partial charge >= 0.3 is 0 Å². The van der Waals surface area contributed by atoms with E-state index in [4.69, 9.17) is 0 Å². The lowest BCUT2D eigenvalue weighted by Gasteiger charge is -2.26. The highest BCUT2D eigenvalue weighted by molar-refractivity contribution is 7.95. The van der Waals surface area contributed by atoms with E-state index in [1.54, 1.807) is 0 Å². The van der Waals surface area contributed by atoms with Gasteiger partial charge in [0.05, 0.1) is 6.16 Å². The summed E-state index contributed by atoms with van der Waals surface area (Å²) in [6.45, 7) is 4.48. The Kier molecular flexibility index (Phi) is 7.82. The van der Waals surface area contributed by atoms with E-state index >= 15 is 0 Å². The van der Waals surface area contributed by atoms with Crippen molar-refractivity contribution in [3.63, 3.8) is 0 Å². The largest absolute Gasteiger partial charge is 1.00 e. The lowest BCUT2D eigenvalue weighted by molar-refractivity contribution is -0.00000504. The standard InChI is InChI=1S/C24H26P.BrH/c1-21(2)13-12-20-25(22-14-6-3-7-15-22,23-16-8-4-9-17-23)24-18-10-5-11-19-24;/h3-19,21H,20H2,1-2H3;1H/q+1;/p-1/b13-12+;. The molecular formula is C24H26BrP. The van der Waals surface area contributed by atoms with Crippen LogP contribution in [0.2, 0.25) is 0 Å². The highest BCUT2D eigenvalue weighted by Gasteiger charge is 2.43. The second-order valence-corrected chi connectivity index (χ2v) is 10.2. The lowest BCUT2D eigenvalue weighted by Crippen LogP contribution is -3.00. The van der Waals surface area contributed by atoms with Gasteiger partial charge in [0.25, 0.3) is 0 Å². The average Bonchev–Trinajstić information content (AvgIpc) is 2.67. The van der Waals surface area contributed by atoms with Crippen LogP contribution in [0.25, 0.3) is 0 Å². The van der Waals surface area contributed by atoms with Gasteiger partial charge in [0, 0.05) is 0 Å². The van der Waals surface area contributed by atoms with Crippen molar-refractivity contribution in [3.05, 3.63) is 103 Å². The van der Waals surface area contributed by atoms with Crippen LogP contribution in [0.1, 0.15) is 13.8 Å². The fourth-order valence-electron chi connectivity index (χ4n) is 3.30. The Balaban J connectivity index is 0.00000243. The van der Waals surface area contributed by atoms with E-state index in [2.05, 4.69) is 117 Å². The van der Waals surface area contributed by atoms with Gasteiger partial charge in [-0.05, 0) is 42.3 Å². The third-order valence-corrected chi connectivity index (χ3v) is 8.79. The molecule has 0 saturated carbocycles. The summed E-state index contributed by atoms with van der Waals surface area (Å²) in [6.07, 6.45) is 5.79. The van der Waals surface area contributed by atoms with Crippen molar-refractivity contribution < 1.29 is 17.0 Å². The smallest absolute Gasteiger partial charge is 0.115 e. The summed E-state index contributed by atoms with van der Waals surface area (Å²) in [5.74, 6) is 0.573. The van der Waals surface area contributed by atoms with Gasteiger partial charge in [-0.25, -0.2) is 0 Å².